The van der Waals surface area contributed by atoms with Crippen LogP contribution in [0.4, 0.5) is 5.69 Å². The fraction of sp³-hybridized carbons (Fsp3) is 0.188. The number of carbonyl (C=O) groups is 1. The Morgan fingerprint density at radius 3 is 2.79 bits per heavy atom. The molecule has 0 radical (unpaired) electrons. The van der Waals surface area contributed by atoms with Crippen molar-refractivity contribution < 1.29 is 9.21 Å². The number of amides is 1. The number of carbonyl (C=O) groups excluding carboxylic acids is 1. The molecule has 3 nitrogen and oxygen atoms in total. The summed E-state index contributed by atoms with van der Waals surface area (Å²) in [6, 6.07) is 9.74. The van der Waals surface area contributed by atoms with E-state index in [1.807, 2.05) is 50.3 Å². The smallest absolute Gasteiger partial charge is 0.256 e. The number of anilines is 1. The Balaban J connectivity index is 1.90. The fourth-order valence-corrected chi connectivity index (χ4v) is 2.29. The lowest BCUT2D eigenvalue weighted by atomic mass is 10.1. The molecule has 3 heteroatoms. The Hall–Kier alpha value is -2.29. The summed E-state index contributed by atoms with van der Waals surface area (Å²) in [5.74, 6) is 1.78. The van der Waals surface area contributed by atoms with Crippen LogP contribution in [0, 0.1) is 13.8 Å². The highest BCUT2D eigenvalue weighted by Gasteiger charge is 2.22. The number of para-hydroxylation sites is 1. The maximum Gasteiger partial charge on any atom is 0.256 e. The quantitative estimate of drug-likeness (QED) is 0.833. The third-order valence-corrected chi connectivity index (χ3v) is 3.43. The SMILES string of the molecule is Cc1cc(CC=C2C(=O)Nc3ccccc32)oc1C. The zero-order valence-corrected chi connectivity index (χ0v) is 11.0. The molecule has 3 rings (SSSR count). The van der Waals surface area contributed by atoms with E-state index in [1.54, 1.807) is 0 Å². The molecule has 1 aromatic carbocycles. The van der Waals surface area contributed by atoms with E-state index >= 15 is 0 Å². The highest BCUT2D eigenvalue weighted by atomic mass is 16.3. The number of nitrogens with one attached hydrogen (secondary N) is 1. The van der Waals surface area contributed by atoms with Crippen LogP contribution in [0.15, 0.2) is 40.8 Å². The second kappa shape index (κ2) is 4.43. The molecule has 0 atom stereocenters. The molecular weight excluding hydrogens is 238 g/mol. The molecule has 1 amide bonds. The number of hydrogen-bond acceptors (Lipinski definition) is 2. The standard InChI is InChI=1S/C16H15NO2/c1-10-9-12(19-11(10)2)7-8-14-13-5-3-4-6-15(13)17-16(14)18/h3-6,8-9H,7H2,1-2H3,(H,17,18). The predicted octanol–water partition coefficient (Wildman–Crippen LogP) is 3.47. The van der Waals surface area contributed by atoms with Crippen LogP contribution in [0.1, 0.15) is 22.6 Å². The molecule has 2 heterocycles. The van der Waals surface area contributed by atoms with E-state index < -0.39 is 0 Å². The zero-order chi connectivity index (χ0) is 13.4. The average molecular weight is 253 g/mol. The molecule has 0 saturated heterocycles. The van der Waals surface area contributed by atoms with Crippen molar-refractivity contribution >= 4 is 17.2 Å². The summed E-state index contributed by atoms with van der Waals surface area (Å²) in [5.41, 5.74) is 3.71. The summed E-state index contributed by atoms with van der Waals surface area (Å²) < 4.78 is 5.62. The van der Waals surface area contributed by atoms with Gasteiger partial charge in [0, 0.05) is 23.2 Å². The number of aryl methyl sites for hydroxylation is 2. The first-order valence-electron chi connectivity index (χ1n) is 6.32. The lowest BCUT2D eigenvalue weighted by Crippen LogP contribution is -2.03. The Kier molecular flexibility index (Phi) is 2.75. The van der Waals surface area contributed by atoms with Gasteiger partial charge in [0.2, 0.25) is 0 Å². The Morgan fingerprint density at radius 1 is 1.26 bits per heavy atom. The predicted molar refractivity (Wildman–Crippen MR) is 74.9 cm³/mol. The van der Waals surface area contributed by atoms with Gasteiger partial charge in [0.1, 0.15) is 11.5 Å². The van der Waals surface area contributed by atoms with Gasteiger partial charge in [-0.3, -0.25) is 4.79 Å². The minimum atomic E-state index is -0.0406. The van der Waals surface area contributed by atoms with Crippen LogP contribution in [-0.4, -0.2) is 5.91 Å². The number of rotatable bonds is 2. The number of benzene rings is 1. The van der Waals surface area contributed by atoms with Gasteiger partial charge in [-0.25, -0.2) is 0 Å². The van der Waals surface area contributed by atoms with Crippen LogP contribution in [0.2, 0.25) is 0 Å². The third kappa shape index (κ3) is 2.08. The molecule has 1 aromatic heterocycles. The van der Waals surface area contributed by atoms with E-state index in [-0.39, 0.29) is 5.91 Å². The maximum absolute atomic E-state index is 11.9. The highest BCUT2D eigenvalue weighted by Crippen LogP contribution is 2.31. The van der Waals surface area contributed by atoms with Crippen LogP contribution in [0.25, 0.3) is 5.57 Å². The van der Waals surface area contributed by atoms with Gasteiger partial charge in [-0.1, -0.05) is 24.3 Å². The first kappa shape index (κ1) is 11.8. The van der Waals surface area contributed by atoms with Crippen molar-refractivity contribution in [3.05, 3.63) is 59.1 Å². The van der Waals surface area contributed by atoms with Crippen molar-refractivity contribution in [1.82, 2.24) is 0 Å². The number of hydrogen-bond donors (Lipinski definition) is 1. The molecule has 2 aromatic rings. The lowest BCUT2D eigenvalue weighted by molar-refractivity contribution is -0.110. The first-order valence-corrected chi connectivity index (χ1v) is 6.32. The molecular formula is C16H15NO2. The molecule has 19 heavy (non-hydrogen) atoms. The summed E-state index contributed by atoms with van der Waals surface area (Å²) in [4.78, 5) is 11.9. The Labute approximate surface area is 111 Å². The van der Waals surface area contributed by atoms with Crippen molar-refractivity contribution in [1.29, 1.82) is 0 Å². The van der Waals surface area contributed by atoms with Crippen molar-refractivity contribution in [2.45, 2.75) is 20.3 Å². The molecule has 0 unspecified atom stereocenters. The summed E-state index contributed by atoms with van der Waals surface area (Å²) in [6.07, 6.45) is 2.56. The molecule has 96 valence electrons. The second-order valence-electron chi connectivity index (χ2n) is 4.77. The van der Waals surface area contributed by atoms with Gasteiger partial charge in [-0.05, 0) is 31.5 Å². The lowest BCUT2D eigenvalue weighted by Gasteiger charge is -1.96. The maximum atomic E-state index is 11.9. The molecule has 1 aliphatic rings. The third-order valence-electron chi connectivity index (χ3n) is 3.43. The van der Waals surface area contributed by atoms with Crippen molar-refractivity contribution in [3.63, 3.8) is 0 Å². The van der Waals surface area contributed by atoms with E-state index in [4.69, 9.17) is 4.42 Å². The highest BCUT2D eigenvalue weighted by molar-refractivity contribution is 6.31. The van der Waals surface area contributed by atoms with Gasteiger partial charge in [-0.15, -0.1) is 0 Å². The molecule has 0 bridgehead atoms. The van der Waals surface area contributed by atoms with E-state index in [2.05, 4.69) is 5.32 Å². The monoisotopic (exact) mass is 253 g/mol. The van der Waals surface area contributed by atoms with Crippen LogP contribution < -0.4 is 5.32 Å². The van der Waals surface area contributed by atoms with Crippen LogP contribution in [-0.2, 0) is 11.2 Å². The Bertz CT molecular complexity index is 660. The molecule has 0 fully saturated rings. The normalized spacial score (nSPS) is 15.7. The van der Waals surface area contributed by atoms with E-state index in [0.717, 1.165) is 33.9 Å². The van der Waals surface area contributed by atoms with E-state index in [0.29, 0.717) is 6.42 Å². The molecule has 1 aliphatic heterocycles. The zero-order valence-electron chi connectivity index (χ0n) is 11.0. The molecule has 1 N–H and O–H groups in total. The average Bonchev–Trinajstić information content (AvgIpc) is 2.87. The van der Waals surface area contributed by atoms with Gasteiger partial charge >= 0.3 is 0 Å². The molecule has 0 spiro atoms. The summed E-state index contributed by atoms with van der Waals surface area (Å²) in [5, 5.41) is 2.86. The Morgan fingerprint density at radius 2 is 2.05 bits per heavy atom. The van der Waals surface area contributed by atoms with Gasteiger partial charge < -0.3 is 9.73 Å². The van der Waals surface area contributed by atoms with Gasteiger partial charge in [-0.2, -0.15) is 0 Å². The first-order chi connectivity index (χ1) is 9.15. The topological polar surface area (TPSA) is 42.2 Å². The molecule has 0 saturated carbocycles. The van der Waals surface area contributed by atoms with E-state index in [9.17, 15) is 4.79 Å². The van der Waals surface area contributed by atoms with Crippen LogP contribution >= 0.6 is 0 Å². The molecule has 0 aliphatic carbocycles. The minimum absolute atomic E-state index is 0.0406. The van der Waals surface area contributed by atoms with Crippen LogP contribution in [0.3, 0.4) is 0 Å². The van der Waals surface area contributed by atoms with E-state index in [1.165, 1.54) is 0 Å². The van der Waals surface area contributed by atoms with Crippen molar-refractivity contribution in [3.8, 4) is 0 Å². The van der Waals surface area contributed by atoms with Gasteiger partial charge in [0.15, 0.2) is 0 Å². The summed E-state index contributed by atoms with van der Waals surface area (Å²) >= 11 is 0. The number of furan rings is 1. The van der Waals surface area contributed by atoms with Crippen LogP contribution in [0.5, 0.6) is 0 Å². The number of allylic oxidation sites excluding steroid dienone is 1. The van der Waals surface area contributed by atoms with Crippen molar-refractivity contribution in [2.24, 2.45) is 0 Å². The summed E-state index contributed by atoms with van der Waals surface area (Å²) in [7, 11) is 0. The summed E-state index contributed by atoms with van der Waals surface area (Å²) in [6.45, 7) is 3.97. The number of fused-ring (bicyclic) bond motifs is 1. The van der Waals surface area contributed by atoms with Crippen molar-refractivity contribution in [2.75, 3.05) is 5.32 Å². The van der Waals surface area contributed by atoms with Gasteiger partial charge in [0.05, 0.1) is 0 Å². The minimum Gasteiger partial charge on any atom is -0.466 e. The fourth-order valence-electron chi connectivity index (χ4n) is 2.29. The second-order valence-corrected chi connectivity index (χ2v) is 4.77. The van der Waals surface area contributed by atoms with Gasteiger partial charge in [0.25, 0.3) is 5.91 Å². The largest absolute Gasteiger partial charge is 0.466 e.